The average Bonchev–Trinajstić information content (AvgIpc) is 3.30. The molecule has 65 heavy (non-hydrogen) atoms. The number of hydrogen-bond acceptors (Lipinski definition) is 14. The summed E-state index contributed by atoms with van der Waals surface area (Å²) in [4.78, 5) is 13.0. The quantitative estimate of drug-likeness (QED) is 0.0185. The molecule has 11 unspecified atom stereocenters. The lowest BCUT2D eigenvalue weighted by atomic mass is 9.98. The van der Waals surface area contributed by atoms with Crippen molar-refractivity contribution in [3.05, 3.63) is 48.6 Å². The van der Waals surface area contributed by atoms with Gasteiger partial charge in [-0.15, -0.1) is 0 Å². The maximum absolute atomic E-state index is 13.0. The van der Waals surface area contributed by atoms with Crippen molar-refractivity contribution in [3.63, 3.8) is 0 Å². The molecule has 0 bridgehead atoms. The van der Waals surface area contributed by atoms with E-state index in [1.165, 1.54) is 70.6 Å². The third-order valence-corrected chi connectivity index (χ3v) is 11.9. The maximum Gasteiger partial charge on any atom is 0.306 e. The minimum atomic E-state index is -1.71. The minimum Gasteiger partial charge on any atom is -0.457 e. The van der Waals surface area contributed by atoms with Crippen LogP contribution in [0.2, 0.25) is 0 Å². The molecule has 0 aromatic heterocycles. The van der Waals surface area contributed by atoms with Crippen molar-refractivity contribution in [1.82, 2.24) is 0 Å². The van der Waals surface area contributed by atoms with Crippen LogP contribution in [-0.2, 0) is 33.2 Å². The van der Waals surface area contributed by atoms with Crippen molar-refractivity contribution >= 4 is 5.97 Å². The standard InChI is InChI=1S/C51H90O14/c1-3-5-7-9-11-13-15-17-19-21-23-25-27-29-31-33-35-60-37-40(63-43(53)34-32-30-28-26-24-22-20-18-16-14-12-10-8-6-4-2)38-61-50-49(59)47(57)45(55)42(65-50)39-62-51-48(58)46(56)44(54)41(36-52)64-51/h5,7,11,13,17,19,23,25,40-42,44-52,54-59H,3-4,6,8-10,12,14-16,18,20-22,24,26-39H2,1-2H3/b7-5-,13-11-,19-17-,25-23-. The molecule has 2 heterocycles. The van der Waals surface area contributed by atoms with Gasteiger partial charge in [-0.05, 0) is 51.4 Å². The van der Waals surface area contributed by atoms with Crippen molar-refractivity contribution in [2.24, 2.45) is 0 Å². The molecule has 2 aliphatic heterocycles. The van der Waals surface area contributed by atoms with Gasteiger partial charge >= 0.3 is 5.97 Å². The minimum absolute atomic E-state index is 0.0408. The van der Waals surface area contributed by atoms with Crippen molar-refractivity contribution in [1.29, 1.82) is 0 Å². The van der Waals surface area contributed by atoms with Gasteiger partial charge in [-0.1, -0.05) is 159 Å². The highest BCUT2D eigenvalue weighted by Gasteiger charge is 2.47. The van der Waals surface area contributed by atoms with Crippen LogP contribution in [0, 0.1) is 0 Å². The smallest absolute Gasteiger partial charge is 0.306 e. The molecule has 2 saturated heterocycles. The van der Waals surface area contributed by atoms with E-state index in [-0.39, 0.29) is 25.6 Å². The van der Waals surface area contributed by atoms with Crippen LogP contribution >= 0.6 is 0 Å². The lowest BCUT2D eigenvalue weighted by Crippen LogP contribution is -2.61. The van der Waals surface area contributed by atoms with Crippen molar-refractivity contribution in [2.75, 3.05) is 33.0 Å². The lowest BCUT2D eigenvalue weighted by molar-refractivity contribution is -0.332. The summed E-state index contributed by atoms with van der Waals surface area (Å²) in [6.07, 6.45) is 27.5. The third kappa shape index (κ3) is 26.9. The molecule has 378 valence electrons. The molecule has 2 fully saturated rings. The van der Waals surface area contributed by atoms with Gasteiger partial charge in [-0.2, -0.15) is 0 Å². The molecular weight excluding hydrogens is 837 g/mol. The summed E-state index contributed by atoms with van der Waals surface area (Å²) in [6.45, 7) is 3.49. The Morgan fingerprint density at radius 3 is 1.55 bits per heavy atom. The lowest BCUT2D eigenvalue weighted by Gasteiger charge is -2.42. The van der Waals surface area contributed by atoms with Gasteiger partial charge in [0.2, 0.25) is 0 Å². The van der Waals surface area contributed by atoms with E-state index in [1.54, 1.807) is 0 Å². The van der Waals surface area contributed by atoms with Crippen molar-refractivity contribution in [3.8, 4) is 0 Å². The Bertz CT molecular complexity index is 1260. The van der Waals surface area contributed by atoms with Crippen LogP contribution in [0.3, 0.4) is 0 Å². The summed E-state index contributed by atoms with van der Waals surface area (Å²) < 4.78 is 34.2. The first kappa shape index (κ1) is 59.1. The maximum atomic E-state index is 13.0. The van der Waals surface area contributed by atoms with Crippen LogP contribution in [-0.4, -0.2) is 142 Å². The predicted molar refractivity (Wildman–Crippen MR) is 252 cm³/mol. The van der Waals surface area contributed by atoms with Crippen LogP contribution in [0.4, 0.5) is 0 Å². The van der Waals surface area contributed by atoms with Crippen LogP contribution in [0.5, 0.6) is 0 Å². The Morgan fingerprint density at radius 1 is 0.523 bits per heavy atom. The first-order chi connectivity index (χ1) is 31.6. The van der Waals surface area contributed by atoms with Gasteiger partial charge in [0, 0.05) is 13.0 Å². The molecule has 0 saturated carbocycles. The average molecular weight is 927 g/mol. The number of allylic oxidation sites excluding steroid dienone is 8. The van der Waals surface area contributed by atoms with E-state index >= 15 is 0 Å². The van der Waals surface area contributed by atoms with Crippen LogP contribution < -0.4 is 0 Å². The zero-order valence-corrected chi connectivity index (χ0v) is 40.0. The number of carbonyl (C=O) groups is 1. The Kier molecular flexibility index (Phi) is 35.3. The van der Waals surface area contributed by atoms with E-state index in [4.69, 9.17) is 28.4 Å². The Balaban J connectivity index is 1.79. The first-order valence-corrected chi connectivity index (χ1v) is 25.2. The molecule has 0 aliphatic carbocycles. The Hall–Kier alpha value is -2.05. The number of aliphatic hydroxyl groups is 7. The van der Waals surface area contributed by atoms with E-state index in [0.717, 1.165) is 70.6 Å². The number of ether oxygens (including phenoxy) is 6. The molecule has 0 aromatic carbocycles. The number of aliphatic hydroxyl groups excluding tert-OH is 7. The summed E-state index contributed by atoms with van der Waals surface area (Å²) in [5.41, 5.74) is 0. The highest BCUT2D eigenvalue weighted by Crippen LogP contribution is 2.26. The van der Waals surface area contributed by atoms with E-state index in [2.05, 4.69) is 62.5 Å². The molecule has 14 nitrogen and oxygen atoms in total. The molecule has 11 atom stereocenters. The summed E-state index contributed by atoms with van der Waals surface area (Å²) in [5.74, 6) is -0.388. The second-order valence-electron chi connectivity index (χ2n) is 17.6. The topological polar surface area (TPSA) is 214 Å². The van der Waals surface area contributed by atoms with Gasteiger partial charge < -0.3 is 64.2 Å². The fourth-order valence-corrected chi connectivity index (χ4v) is 7.75. The van der Waals surface area contributed by atoms with E-state index < -0.39 is 80.7 Å². The van der Waals surface area contributed by atoms with E-state index in [9.17, 15) is 40.5 Å². The molecule has 14 heteroatoms. The second kappa shape index (κ2) is 38.9. The Labute approximate surface area is 391 Å². The summed E-state index contributed by atoms with van der Waals surface area (Å²) in [7, 11) is 0. The van der Waals surface area contributed by atoms with Gasteiger partial charge in [0.25, 0.3) is 0 Å². The molecule has 2 aliphatic rings. The molecule has 0 aromatic rings. The predicted octanol–water partition coefficient (Wildman–Crippen LogP) is 7.18. The summed E-state index contributed by atoms with van der Waals surface area (Å²) in [6, 6.07) is 0. The number of rotatable bonds is 39. The number of unbranched alkanes of at least 4 members (excludes halogenated alkanes) is 17. The number of carbonyl (C=O) groups excluding carboxylic acids is 1. The Morgan fingerprint density at radius 2 is 1.00 bits per heavy atom. The molecule has 7 N–H and O–H groups in total. The number of hydrogen-bond donors (Lipinski definition) is 7. The van der Waals surface area contributed by atoms with Gasteiger partial charge in [0.05, 0.1) is 26.4 Å². The van der Waals surface area contributed by atoms with Crippen molar-refractivity contribution in [2.45, 2.75) is 235 Å². The fraction of sp³-hybridized carbons (Fsp3) is 0.824. The SMILES string of the molecule is CC/C=C\C/C=C\C/C=C\C/C=C\CCCCCOCC(COC1OC(COC2OC(CO)C(O)C(O)C2O)C(O)C(O)C1O)OC(=O)CCCCCCCCCCCCCCCCC. The van der Waals surface area contributed by atoms with Crippen LogP contribution in [0.25, 0.3) is 0 Å². The third-order valence-electron chi connectivity index (χ3n) is 11.9. The highest BCUT2D eigenvalue weighted by atomic mass is 16.7. The molecule has 0 radical (unpaired) electrons. The zero-order valence-electron chi connectivity index (χ0n) is 40.0. The summed E-state index contributed by atoms with van der Waals surface area (Å²) >= 11 is 0. The molecule has 2 rings (SSSR count). The zero-order chi connectivity index (χ0) is 47.3. The monoisotopic (exact) mass is 927 g/mol. The second-order valence-corrected chi connectivity index (χ2v) is 17.6. The van der Waals surface area contributed by atoms with Gasteiger partial charge in [0.1, 0.15) is 54.9 Å². The van der Waals surface area contributed by atoms with E-state index in [0.29, 0.717) is 13.0 Å². The van der Waals surface area contributed by atoms with Crippen LogP contribution in [0.1, 0.15) is 168 Å². The van der Waals surface area contributed by atoms with Gasteiger partial charge in [-0.3, -0.25) is 4.79 Å². The van der Waals surface area contributed by atoms with Crippen LogP contribution in [0.15, 0.2) is 48.6 Å². The highest BCUT2D eigenvalue weighted by molar-refractivity contribution is 5.69. The first-order valence-electron chi connectivity index (χ1n) is 25.2. The number of esters is 1. The van der Waals surface area contributed by atoms with E-state index in [1.807, 2.05) is 0 Å². The molecular formula is C51H90O14. The van der Waals surface area contributed by atoms with Crippen molar-refractivity contribution < 1.29 is 69.0 Å². The fourth-order valence-electron chi connectivity index (χ4n) is 7.75. The van der Waals surface area contributed by atoms with Gasteiger partial charge in [-0.25, -0.2) is 0 Å². The largest absolute Gasteiger partial charge is 0.457 e. The van der Waals surface area contributed by atoms with Gasteiger partial charge in [0.15, 0.2) is 12.6 Å². The molecule has 0 amide bonds. The normalized spacial score (nSPS) is 26.9. The summed E-state index contributed by atoms with van der Waals surface area (Å²) in [5, 5.41) is 72.1. The molecule has 0 spiro atoms.